The lowest BCUT2D eigenvalue weighted by atomic mass is 10.1. The summed E-state index contributed by atoms with van der Waals surface area (Å²) in [5, 5.41) is 0.755. The second kappa shape index (κ2) is 10.3. The maximum atomic E-state index is 13.3. The van der Waals surface area contributed by atoms with Gasteiger partial charge >= 0.3 is 0 Å². The van der Waals surface area contributed by atoms with Crippen LogP contribution in [0.4, 0.5) is 5.13 Å². The van der Waals surface area contributed by atoms with Gasteiger partial charge in [0.1, 0.15) is 0 Å². The highest BCUT2D eigenvalue weighted by molar-refractivity contribution is 7.99. The number of rotatable bonds is 8. The van der Waals surface area contributed by atoms with Crippen LogP contribution in [-0.2, 0) is 11.3 Å². The van der Waals surface area contributed by atoms with Crippen LogP contribution in [0, 0.1) is 20.8 Å². The van der Waals surface area contributed by atoms with Gasteiger partial charge in [0.2, 0.25) is 5.91 Å². The van der Waals surface area contributed by atoms with Crippen LogP contribution in [0.25, 0.3) is 10.2 Å². The molecule has 0 aliphatic heterocycles. The van der Waals surface area contributed by atoms with Gasteiger partial charge in [-0.1, -0.05) is 35.1 Å². The minimum Gasteiger partial charge on any atom is -0.284 e. The molecule has 0 aliphatic carbocycles. The Morgan fingerprint density at radius 2 is 1.84 bits per heavy atom. The number of benzene rings is 2. The molecule has 32 heavy (non-hydrogen) atoms. The summed E-state index contributed by atoms with van der Waals surface area (Å²) in [7, 11) is 0. The summed E-state index contributed by atoms with van der Waals surface area (Å²) in [5.74, 6) is 1.01. The monoisotopic (exact) mass is 461 g/mol. The van der Waals surface area contributed by atoms with Crippen molar-refractivity contribution in [3.8, 4) is 0 Å². The summed E-state index contributed by atoms with van der Waals surface area (Å²) in [4.78, 5) is 25.4. The van der Waals surface area contributed by atoms with Crippen LogP contribution in [0.2, 0.25) is 0 Å². The van der Waals surface area contributed by atoms with Crippen molar-refractivity contribution in [3.63, 3.8) is 0 Å². The summed E-state index contributed by atoms with van der Waals surface area (Å²) >= 11 is 3.38. The molecule has 0 N–H and O–H groups in total. The van der Waals surface area contributed by atoms with Gasteiger partial charge in [-0.3, -0.25) is 14.7 Å². The molecular weight excluding hydrogens is 434 g/mol. The fourth-order valence-corrected chi connectivity index (χ4v) is 5.32. The lowest BCUT2D eigenvalue weighted by molar-refractivity contribution is -0.118. The van der Waals surface area contributed by atoms with Crippen molar-refractivity contribution < 1.29 is 4.79 Å². The molecule has 0 spiro atoms. The summed E-state index contributed by atoms with van der Waals surface area (Å²) in [6.07, 6.45) is 4.88. The first kappa shape index (κ1) is 22.5. The smallest absolute Gasteiger partial charge is 0.229 e. The van der Waals surface area contributed by atoms with Gasteiger partial charge in [0, 0.05) is 23.7 Å². The van der Waals surface area contributed by atoms with Crippen molar-refractivity contribution in [1.82, 2.24) is 9.97 Å². The lowest BCUT2D eigenvalue weighted by Gasteiger charge is -2.20. The van der Waals surface area contributed by atoms with Gasteiger partial charge in [0.25, 0.3) is 0 Å². The zero-order valence-corrected chi connectivity index (χ0v) is 20.3. The maximum Gasteiger partial charge on any atom is 0.229 e. The number of pyridine rings is 1. The fraction of sp³-hybridized carbons (Fsp3) is 0.269. The minimum absolute atomic E-state index is 0.103. The number of nitrogens with zero attached hydrogens (tertiary/aromatic N) is 3. The number of aromatic nitrogens is 2. The highest BCUT2D eigenvalue weighted by atomic mass is 32.2. The fourth-order valence-electron chi connectivity index (χ4n) is 3.40. The van der Waals surface area contributed by atoms with Crippen molar-refractivity contribution in [2.45, 2.75) is 45.1 Å². The molecule has 0 fully saturated rings. The zero-order chi connectivity index (χ0) is 22.5. The number of carbonyl (C=O) groups is 1. The van der Waals surface area contributed by atoms with Crippen LogP contribution >= 0.6 is 23.1 Å². The molecule has 0 bridgehead atoms. The van der Waals surface area contributed by atoms with E-state index in [2.05, 4.69) is 62.2 Å². The Hall–Kier alpha value is -2.70. The van der Waals surface area contributed by atoms with Crippen molar-refractivity contribution in [2.75, 3.05) is 10.7 Å². The first-order valence-electron chi connectivity index (χ1n) is 10.8. The first-order chi connectivity index (χ1) is 15.5. The molecule has 164 valence electrons. The van der Waals surface area contributed by atoms with Crippen molar-refractivity contribution in [1.29, 1.82) is 0 Å². The van der Waals surface area contributed by atoms with E-state index in [9.17, 15) is 4.79 Å². The van der Waals surface area contributed by atoms with Crippen LogP contribution in [-0.4, -0.2) is 21.6 Å². The molecule has 2 aromatic carbocycles. The molecule has 0 radical (unpaired) electrons. The number of carbonyl (C=O) groups excluding carboxylic acids is 1. The molecule has 6 heteroatoms. The molecule has 4 nitrogen and oxygen atoms in total. The van der Waals surface area contributed by atoms with Gasteiger partial charge in [0.15, 0.2) is 5.13 Å². The SMILES string of the molecule is Cc1ccc(SCCCC(=O)N(Cc2cccnc2)c2nc3cc(C)c(C)cc3s2)cc1. The topological polar surface area (TPSA) is 46.1 Å². The number of aryl methyl sites for hydroxylation is 3. The van der Waals surface area contributed by atoms with Crippen LogP contribution in [0.15, 0.2) is 65.8 Å². The van der Waals surface area contributed by atoms with E-state index < -0.39 is 0 Å². The van der Waals surface area contributed by atoms with Gasteiger partial charge in [-0.25, -0.2) is 4.98 Å². The molecule has 4 aromatic rings. The Morgan fingerprint density at radius 3 is 2.59 bits per heavy atom. The predicted octanol–water partition coefficient (Wildman–Crippen LogP) is 6.72. The molecule has 0 saturated carbocycles. The maximum absolute atomic E-state index is 13.3. The molecule has 2 aromatic heterocycles. The highest BCUT2D eigenvalue weighted by Gasteiger charge is 2.20. The molecule has 0 atom stereocenters. The Balaban J connectivity index is 1.48. The van der Waals surface area contributed by atoms with E-state index in [1.54, 1.807) is 29.3 Å². The number of hydrogen-bond acceptors (Lipinski definition) is 5. The second-order valence-corrected chi connectivity index (χ2v) is 10.2. The van der Waals surface area contributed by atoms with E-state index in [1.165, 1.54) is 21.6 Å². The Kier molecular flexibility index (Phi) is 7.22. The molecule has 0 unspecified atom stereocenters. The normalized spacial score (nSPS) is 11.1. The third kappa shape index (κ3) is 5.56. The van der Waals surface area contributed by atoms with Crippen LogP contribution < -0.4 is 4.90 Å². The minimum atomic E-state index is 0.103. The summed E-state index contributed by atoms with van der Waals surface area (Å²) < 4.78 is 1.11. The first-order valence-corrected chi connectivity index (χ1v) is 12.6. The zero-order valence-electron chi connectivity index (χ0n) is 18.7. The average Bonchev–Trinajstić information content (AvgIpc) is 3.19. The van der Waals surface area contributed by atoms with E-state index in [1.807, 2.05) is 23.2 Å². The number of fused-ring (bicyclic) bond motifs is 1. The lowest BCUT2D eigenvalue weighted by Crippen LogP contribution is -2.30. The number of thioether (sulfide) groups is 1. The molecule has 4 rings (SSSR count). The standard InChI is InChI=1S/C26H27N3OS2/c1-18-8-10-22(11-9-18)31-13-5-7-25(30)29(17-21-6-4-12-27-16-21)26-28-23-14-19(2)20(3)15-24(23)32-26/h4,6,8-12,14-16H,5,7,13,17H2,1-3H3. The summed E-state index contributed by atoms with van der Waals surface area (Å²) in [6.45, 7) is 6.78. The van der Waals surface area contributed by atoms with E-state index in [4.69, 9.17) is 4.98 Å². The van der Waals surface area contributed by atoms with Gasteiger partial charge in [-0.2, -0.15) is 0 Å². The highest BCUT2D eigenvalue weighted by Crippen LogP contribution is 2.32. The van der Waals surface area contributed by atoms with Crippen molar-refractivity contribution in [3.05, 3.63) is 83.2 Å². The Labute approximate surface area is 197 Å². The Morgan fingerprint density at radius 1 is 1.06 bits per heavy atom. The van der Waals surface area contributed by atoms with Gasteiger partial charge < -0.3 is 0 Å². The molecular formula is C26H27N3OS2. The summed E-state index contributed by atoms with van der Waals surface area (Å²) in [5.41, 5.74) is 5.67. The number of hydrogen-bond donors (Lipinski definition) is 0. The van der Waals surface area contributed by atoms with Gasteiger partial charge in [-0.15, -0.1) is 11.8 Å². The average molecular weight is 462 g/mol. The molecule has 1 amide bonds. The third-order valence-corrected chi connectivity index (χ3v) is 7.55. The number of anilines is 1. The predicted molar refractivity (Wildman–Crippen MR) is 136 cm³/mol. The van der Waals surface area contributed by atoms with Crippen molar-refractivity contribution in [2.24, 2.45) is 0 Å². The van der Waals surface area contributed by atoms with E-state index in [0.717, 1.165) is 33.1 Å². The molecule has 0 aliphatic rings. The van der Waals surface area contributed by atoms with Crippen LogP contribution in [0.3, 0.4) is 0 Å². The van der Waals surface area contributed by atoms with E-state index >= 15 is 0 Å². The number of thiazole rings is 1. The van der Waals surface area contributed by atoms with Gasteiger partial charge in [-0.05, 0) is 80.0 Å². The van der Waals surface area contributed by atoms with E-state index in [0.29, 0.717) is 13.0 Å². The van der Waals surface area contributed by atoms with Gasteiger partial charge in [0.05, 0.1) is 16.8 Å². The summed E-state index contributed by atoms with van der Waals surface area (Å²) in [6, 6.07) is 16.7. The Bertz CT molecular complexity index is 1160. The van der Waals surface area contributed by atoms with Crippen LogP contribution in [0.5, 0.6) is 0 Å². The third-order valence-electron chi connectivity index (χ3n) is 5.41. The number of amides is 1. The van der Waals surface area contributed by atoms with Crippen molar-refractivity contribution >= 4 is 44.4 Å². The van der Waals surface area contributed by atoms with Crippen LogP contribution in [0.1, 0.15) is 35.1 Å². The van der Waals surface area contributed by atoms with E-state index in [-0.39, 0.29) is 5.91 Å². The molecule has 0 saturated heterocycles. The second-order valence-electron chi connectivity index (χ2n) is 8.01. The molecule has 2 heterocycles. The quantitative estimate of drug-likeness (QED) is 0.216. The largest absolute Gasteiger partial charge is 0.284 e.